The molecule has 0 spiro atoms. The third kappa shape index (κ3) is 5.75. The molecular weight excluding hydrogens is 584 g/mol. The molecule has 1 aromatic heterocycles. The van der Waals surface area contributed by atoms with Crippen molar-refractivity contribution in [3.8, 4) is 0 Å². The number of carbonyl (C=O) groups excluding carboxylic acids is 3. The van der Waals surface area contributed by atoms with Crippen LogP contribution in [0.3, 0.4) is 0 Å². The first kappa shape index (κ1) is 30.0. The van der Waals surface area contributed by atoms with Crippen molar-refractivity contribution in [1.29, 1.82) is 0 Å². The number of rotatable bonds is 10. The number of piperidine rings is 1. The average Bonchev–Trinajstić information content (AvgIpc) is 3.55. The number of amides is 1. The Balaban J connectivity index is 1.28. The second-order valence-corrected chi connectivity index (χ2v) is 12.7. The molecule has 0 aliphatic carbocycles. The van der Waals surface area contributed by atoms with Gasteiger partial charge >= 0.3 is 11.9 Å². The highest BCUT2D eigenvalue weighted by molar-refractivity contribution is 8.03. The molecule has 42 heavy (non-hydrogen) atoms. The molecule has 5 rings (SSSR count). The van der Waals surface area contributed by atoms with Crippen molar-refractivity contribution in [3.63, 3.8) is 0 Å². The van der Waals surface area contributed by atoms with Crippen LogP contribution >= 0.6 is 23.1 Å². The number of esters is 2. The monoisotopic (exact) mass is 616 g/mol. The maximum Gasteiger partial charge on any atom is 0.357 e. The van der Waals surface area contributed by atoms with Crippen LogP contribution in [-0.2, 0) is 25.7 Å². The van der Waals surface area contributed by atoms with Crippen LogP contribution in [0, 0.1) is 22.0 Å². The van der Waals surface area contributed by atoms with Gasteiger partial charge in [-0.1, -0.05) is 6.92 Å². The number of carbonyl (C=O) groups is 3. The molecule has 14 heteroatoms. The number of β-lactam (4-membered cyclic amide) rings is 1. The molecule has 0 radical (unpaired) electrons. The molecule has 0 unspecified atom stereocenters. The number of benzene rings is 1. The van der Waals surface area contributed by atoms with Gasteiger partial charge in [0.15, 0.2) is 10.8 Å². The minimum absolute atomic E-state index is 0.0605. The first-order chi connectivity index (χ1) is 20.1. The summed E-state index contributed by atoms with van der Waals surface area (Å²) in [6.45, 7) is 6.94. The number of nitro groups is 1. The second kappa shape index (κ2) is 12.4. The Morgan fingerprint density at radius 1 is 1.21 bits per heavy atom. The van der Waals surface area contributed by atoms with Gasteiger partial charge in [-0.05, 0) is 44.4 Å². The quantitative estimate of drug-likeness (QED) is 0.180. The molecule has 2 saturated heterocycles. The van der Waals surface area contributed by atoms with Crippen LogP contribution in [-0.4, -0.2) is 74.9 Å². The van der Waals surface area contributed by atoms with E-state index in [4.69, 9.17) is 9.47 Å². The molecule has 2 fully saturated rings. The lowest BCUT2D eigenvalue weighted by molar-refractivity contribution is -0.384. The predicted molar refractivity (Wildman–Crippen MR) is 156 cm³/mol. The Morgan fingerprint density at radius 2 is 1.90 bits per heavy atom. The van der Waals surface area contributed by atoms with E-state index in [1.807, 2.05) is 6.92 Å². The zero-order chi connectivity index (χ0) is 30.1. The molecule has 3 aliphatic rings. The molecular formula is C28H32N4O8S2. The lowest BCUT2D eigenvalue weighted by atomic mass is 9.79. The molecule has 1 N–H and O–H groups in total. The van der Waals surface area contributed by atoms with Gasteiger partial charge in [-0.25, -0.2) is 14.6 Å². The third-order valence-electron chi connectivity index (χ3n) is 7.80. The topological polar surface area (TPSA) is 152 Å². The van der Waals surface area contributed by atoms with Gasteiger partial charge < -0.3 is 24.4 Å². The fraction of sp³-hybridized carbons (Fsp3) is 0.500. The summed E-state index contributed by atoms with van der Waals surface area (Å²) in [6, 6.07) is 5.43. The molecule has 4 atom stereocenters. The molecule has 1 aromatic carbocycles. The second-order valence-electron chi connectivity index (χ2n) is 10.5. The number of aliphatic hydroxyl groups is 1. The van der Waals surface area contributed by atoms with Crippen molar-refractivity contribution in [3.05, 3.63) is 61.6 Å². The Bertz CT molecular complexity index is 1400. The molecule has 224 valence electrons. The first-order valence-electron chi connectivity index (χ1n) is 13.8. The van der Waals surface area contributed by atoms with E-state index in [1.54, 1.807) is 31.0 Å². The minimum atomic E-state index is -0.844. The molecule has 0 bridgehead atoms. The highest BCUT2D eigenvalue weighted by Crippen LogP contribution is 2.52. The summed E-state index contributed by atoms with van der Waals surface area (Å²) in [5.41, 5.74) is 1.05. The van der Waals surface area contributed by atoms with Crippen molar-refractivity contribution >= 4 is 51.8 Å². The number of fused-ring (bicyclic) bond motifs is 1. The predicted octanol–water partition coefficient (Wildman–Crippen LogP) is 3.74. The molecule has 3 aliphatic heterocycles. The Hall–Kier alpha value is -3.49. The number of ether oxygens (including phenoxy) is 2. The van der Waals surface area contributed by atoms with Gasteiger partial charge in [-0.15, -0.1) is 23.1 Å². The van der Waals surface area contributed by atoms with Gasteiger partial charge in [0, 0.05) is 46.7 Å². The van der Waals surface area contributed by atoms with Gasteiger partial charge in [0.1, 0.15) is 12.3 Å². The minimum Gasteiger partial charge on any atom is -0.461 e. The standard InChI is InChI=1S/C28H32N4O8S2/c1-4-39-26(35)20-14-41-28(29-20)30-11-9-19(10-12-30)42-24-15(2)22-21(16(3)33)25(34)31(22)23(24)27(36)40-13-17-5-7-18(8-6-17)32(37)38/h5-8,14-16,19,21-22,33H,4,9-13H2,1-3H3/t15-,16-,21-,22-/m1/s1. The van der Waals surface area contributed by atoms with E-state index in [0.29, 0.717) is 11.3 Å². The van der Waals surface area contributed by atoms with E-state index in [1.165, 1.54) is 40.5 Å². The highest BCUT2D eigenvalue weighted by Gasteiger charge is 2.60. The number of nitro benzene ring substituents is 1. The summed E-state index contributed by atoms with van der Waals surface area (Å²) in [5, 5.41) is 23.9. The number of aliphatic hydroxyl groups excluding tert-OH is 1. The van der Waals surface area contributed by atoms with Crippen molar-refractivity contribution in [2.45, 2.75) is 57.6 Å². The van der Waals surface area contributed by atoms with Crippen LogP contribution in [0.1, 0.15) is 49.7 Å². The number of aromatic nitrogens is 1. The number of hydrogen-bond acceptors (Lipinski definition) is 12. The number of thioether (sulfide) groups is 1. The maximum atomic E-state index is 13.4. The summed E-state index contributed by atoms with van der Waals surface area (Å²) in [7, 11) is 0. The molecule has 0 saturated carbocycles. The van der Waals surface area contributed by atoms with Gasteiger partial charge in [-0.2, -0.15) is 0 Å². The number of thiazole rings is 1. The van der Waals surface area contributed by atoms with Crippen molar-refractivity contribution in [1.82, 2.24) is 9.88 Å². The number of anilines is 1. The molecule has 12 nitrogen and oxygen atoms in total. The fourth-order valence-electron chi connectivity index (χ4n) is 5.65. The first-order valence-corrected chi connectivity index (χ1v) is 15.6. The SMILES string of the molecule is CCOC(=O)c1csc(N2CCC(SC3=C(C(=O)OCc4ccc([N+](=O)[O-])cc4)N4C(=O)[C@H]([C@@H](C)O)[C@H]4[C@H]3C)CC2)n1. The van der Waals surface area contributed by atoms with Crippen LogP contribution in [0.5, 0.6) is 0 Å². The van der Waals surface area contributed by atoms with E-state index in [9.17, 15) is 29.6 Å². The van der Waals surface area contributed by atoms with Crippen molar-refractivity contribution in [2.24, 2.45) is 11.8 Å². The lowest BCUT2D eigenvalue weighted by Crippen LogP contribution is -2.63. The van der Waals surface area contributed by atoms with Gasteiger partial charge in [-0.3, -0.25) is 14.9 Å². The Kier molecular flexibility index (Phi) is 8.85. The largest absolute Gasteiger partial charge is 0.461 e. The zero-order valence-corrected chi connectivity index (χ0v) is 25.1. The van der Waals surface area contributed by atoms with E-state index in [-0.39, 0.29) is 47.7 Å². The summed E-state index contributed by atoms with van der Waals surface area (Å²) < 4.78 is 10.6. The van der Waals surface area contributed by atoms with Gasteiger partial charge in [0.05, 0.1) is 29.6 Å². The average molecular weight is 617 g/mol. The van der Waals surface area contributed by atoms with E-state index in [2.05, 4.69) is 9.88 Å². The Morgan fingerprint density at radius 3 is 2.52 bits per heavy atom. The maximum absolute atomic E-state index is 13.4. The Labute approximate surface area is 250 Å². The van der Waals surface area contributed by atoms with Crippen molar-refractivity contribution in [2.75, 3.05) is 24.6 Å². The van der Waals surface area contributed by atoms with Crippen molar-refractivity contribution < 1.29 is 33.9 Å². The van der Waals surface area contributed by atoms with Crippen LogP contribution < -0.4 is 4.90 Å². The van der Waals surface area contributed by atoms with Gasteiger partial charge in [0.2, 0.25) is 5.91 Å². The smallest absolute Gasteiger partial charge is 0.357 e. The lowest BCUT2D eigenvalue weighted by Gasteiger charge is -2.46. The van der Waals surface area contributed by atoms with Crippen LogP contribution in [0.2, 0.25) is 0 Å². The van der Waals surface area contributed by atoms with Crippen LogP contribution in [0.25, 0.3) is 0 Å². The number of non-ortho nitro benzene ring substituents is 1. The normalized spacial score (nSPS) is 23.0. The summed E-state index contributed by atoms with van der Waals surface area (Å²) in [5.74, 6) is -2.10. The molecule has 1 amide bonds. The molecule has 4 heterocycles. The highest BCUT2D eigenvalue weighted by atomic mass is 32.2. The van der Waals surface area contributed by atoms with Gasteiger partial charge in [0.25, 0.3) is 5.69 Å². The number of nitrogens with zero attached hydrogens (tertiary/aromatic N) is 4. The zero-order valence-electron chi connectivity index (χ0n) is 23.4. The van der Waals surface area contributed by atoms with E-state index < -0.39 is 28.9 Å². The number of hydrogen-bond donors (Lipinski definition) is 1. The summed E-state index contributed by atoms with van der Waals surface area (Å²) >= 11 is 2.99. The van der Waals surface area contributed by atoms with E-state index >= 15 is 0 Å². The fourth-order valence-corrected chi connectivity index (χ4v) is 7.95. The summed E-state index contributed by atoms with van der Waals surface area (Å²) in [6.07, 6.45) is 0.765. The third-order valence-corrected chi connectivity index (χ3v) is 10.3. The summed E-state index contributed by atoms with van der Waals surface area (Å²) in [4.78, 5) is 57.8. The van der Waals surface area contributed by atoms with E-state index in [0.717, 1.165) is 36.0 Å². The van der Waals surface area contributed by atoms with Crippen LogP contribution in [0.15, 0.2) is 40.2 Å². The molecule has 2 aromatic rings. The van der Waals surface area contributed by atoms with Crippen LogP contribution in [0.4, 0.5) is 10.8 Å².